The van der Waals surface area contributed by atoms with E-state index in [4.69, 9.17) is 19.9 Å². The molecular weight excluding hydrogens is 338 g/mol. The molecule has 0 aliphatic carbocycles. The standard InChI is InChI=1S/C18H27N3O5/c1-24-14-8-16(26-3)15(25-2)7-13(14)9-20-17(22)11-21-6-4-5-12(10-21)18(19)23/h7-8,12H,4-6,9-11H2,1-3H3,(H2,19,23)(H,20,22)/p+1/t12-/m1/s1. The molecule has 144 valence electrons. The van der Waals surface area contributed by atoms with Crippen LogP contribution >= 0.6 is 0 Å². The number of methoxy groups -OCH3 is 3. The zero-order valence-electron chi connectivity index (χ0n) is 15.6. The van der Waals surface area contributed by atoms with Gasteiger partial charge in [-0.3, -0.25) is 9.59 Å². The summed E-state index contributed by atoms with van der Waals surface area (Å²) in [5, 5.41) is 2.90. The maximum Gasteiger partial charge on any atom is 0.275 e. The van der Waals surface area contributed by atoms with Crippen molar-refractivity contribution in [2.75, 3.05) is 41.0 Å². The van der Waals surface area contributed by atoms with Gasteiger partial charge in [0.15, 0.2) is 18.0 Å². The quantitative estimate of drug-likeness (QED) is 0.554. The highest BCUT2D eigenvalue weighted by molar-refractivity contribution is 5.78. The molecule has 0 aromatic heterocycles. The van der Waals surface area contributed by atoms with Gasteiger partial charge < -0.3 is 30.2 Å². The van der Waals surface area contributed by atoms with Crippen LogP contribution in [0.15, 0.2) is 12.1 Å². The van der Waals surface area contributed by atoms with Crippen molar-refractivity contribution in [3.05, 3.63) is 17.7 Å². The van der Waals surface area contributed by atoms with Crippen molar-refractivity contribution in [3.63, 3.8) is 0 Å². The molecule has 8 heteroatoms. The molecule has 1 saturated heterocycles. The topological polar surface area (TPSA) is 104 Å². The molecule has 0 spiro atoms. The minimum atomic E-state index is -0.280. The first-order chi connectivity index (χ1) is 12.5. The van der Waals surface area contributed by atoms with Gasteiger partial charge >= 0.3 is 0 Å². The fraction of sp³-hybridized carbons (Fsp3) is 0.556. The number of primary amides is 1. The van der Waals surface area contributed by atoms with E-state index in [1.807, 2.05) is 0 Å². The van der Waals surface area contributed by atoms with E-state index in [1.54, 1.807) is 33.5 Å². The van der Waals surface area contributed by atoms with Gasteiger partial charge in [-0.15, -0.1) is 0 Å². The van der Waals surface area contributed by atoms with Crippen molar-refractivity contribution in [1.29, 1.82) is 0 Å². The number of hydrogen-bond acceptors (Lipinski definition) is 5. The number of quaternary nitrogens is 1. The van der Waals surface area contributed by atoms with Crippen LogP contribution in [0.2, 0.25) is 0 Å². The molecule has 1 heterocycles. The Morgan fingerprint density at radius 2 is 1.81 bits per heavy atom. The minimum Gasteiger partial charge on any atom is -0.496 e. The van der Waals surface area contributed by atoms with Crippen molar-refractivity contribution in [2.24, 2.45) is 11.7 Å². The van der Waals surface area contributed by atoms with E-state index < -0.39 is 0 Å². The summed E-state index contributed by atoms with van der Waals surface area (Å²) in [6, 6.07) is 3.52. The summed E-state index contributed by atoms with van der Waals surface area (Å²) in [7, 11) is 4.68. The molecule has 2 atom stereocenters. The van der Waals surface area contributed by atoms with Crippen LogP contribution in [0, 0.1) is 5.92 Å². The van der Waals surface area contributed by atoms with Crippen LogP contribution in [-0.2, 0) is 16.1 Å². The van der Waals surface area contributed by atoms with Crippen LogP contribution in [0.5, 0.6) is 17.2 Å². The Kier molecular flexibility index (Phi) is 7.08. The lowest BCUT2D eigenvalue weighted by Gasteiger charge is -2.27. The molecule has 26 heavy (non-hydrogen) atoms. The smallest absolute Gasteiger partial charge is 0.275 e. The van der Waals surface area contributed by atoms with Crippen LogP contribution in [0.4, 0.5) is 0 Å². The Morgan fingerprint density at radius 1 is 1.15 bits per heavy atom. The van der Waals surface area contributed by atoms with Gasteiger partial charge in [0.05, 0.1) is 40.3 Å². The summed E-state index contributed by atoms with van der Waals surface area (Å²) in [5.74, 6) is 1.25. The monoisotopic (exact) mass is 366 g/mol. The number of nitrogens with two attached hydrogens (primary N) is 1. The molecule has 1 fully saturated rings. The van der Waals surface area contributed by atoms with Gasteiger partial charge in [0, 0.05) is 18.2 Å². The summed E-state index contributed by atoms with van der Waals surface area (Å²) in [4.78, 5) is 24.7. The van der Waals surface area contributed by atoms with E-state index in [9.17, 15) is 9.59 Å². The fourth-order valence-electron chi connectivity index (χ4n) is 3.27. The summed E-state index contributed by atoms with van der Waals surface area (Å²) in [6.45, 7) is 2.12. The van der Waals surface area contributed by atoms with E-state index in [2.05, 4.69) is 5.32 Å². The Morgan fingerprint density at radius 3 is 2.42 bits per heavy atom. The van der Waals surface area contributed by atoms with E-state index in [1.165, 1.54) is 0 Å². The van der Waals surface area contributed by atoms with Crippen LogP contribution in [0.3, 0.4) is 0 Å². The van der Waals surface area contributed by atoms with Gasteiger partial charge in [0.2, 0.25) is 5.91 Å². The van der Waals surface area contributed by atoms with Gasteiger partial charge in [-0.2, -0.15) is 0 Å². The molecule has 4 N–H and O–H groups in total. The molecule has 8 nitrogen and oxygen atoms in total. The Labute approximate surface area is 153 Å². The first-order valence-electron chi connectivity index (χ1n) is 8.67. The van der Waals surface area contributed by atoms with E-state index >= 15 is 0 Å². The van der Waals surface area contributed by atoms with Crippen LogP contribution in [-0.4, -0.2) is 52.8 Å². The SMILES string of the molecule is COc1cc(OC)c(OC)cc1CNC(=O)C[NH+]1CCC[C@@H](C(N)=O)C1. The molecule has 1 aliphatic rings. The number of benzene rings is 1. The first kappa shape index (κ1) is 19.8. The highest BCUT2D eigenvalue weighted by atomic mass is 16.5. The molecule has 1 aliphatic heterocycles. The molecule has 2 amide bonds. The third-order valence-electron chi connectivity index (χ3n) is 4.69. The predicted molar refractivity (Wildman–Crippen MR) is 95.4 cm³/mol. The number of nitrogens with one attached hydrogen (secondary N) is 2. The normalized spacial score (nSPS) is 19.5. The molecule has 0 saturated carbocycles. The second-order valence-corrected chi connectivity index (χ2v) is 6.42. The van der Waals surface area contributed by atoms with Crippen molar-refractivity contribution in [3.8, 4) is 17.2 Å². The van der Waals surface area contributed by atoms with Crippen molar-refractivity contribution >= 4 is 11.8 Å². The predicted octanol–water partition coefficient (Wildman–Crippen LogP) is -0.891. The van der Waals surface area contributed by atoms with E-state index in [-0.39, 0.29) is 17.7 Å². The van der Waals surface area contributed by atoms with Crippen molar-refractivity contribution in [2.45, 2.75) is 19.4 Å². The number of hydrogen-bond donors (Lipinski definition) is 3. The number of amides is 2. The third-order valence-corrected chi connectivity index (χ3v) is 4.69. The maximum absolute atomic E-state index is 12.3. The molecule has 2 rings (SSSR count). The van der Waals surface area contributed by atoms with Crippen molar-refractivity contribution < 1.29 is 28.7 Å². The molecule has 0 radical (unpaired) electrons. The fourth-order valence-corrected chi connectivity index (χ4v) is 3.27. The second-order valence-electron chi connectivity index (χ2n) is 6.42. The average Bonchev–Trinajstić information content (AvgIpc) is 2.65. The molecule has 0 bridgehead atoms. The zero-order chi connectivity index (χ0) is 19.1. The maximum atomic E-state index is 12.3. The van der Waals surface area contributed by atoms with Gasteiger partial charge in [0.25, 0.3) is 5.91 Å². The second kappa shape index (κ2) is 9.28. The number of carbonyl (C=O) groups excluding carboxylic acids is 2. The first-order valence-corrected chi connectivity index (χ1v) is 8.67. The highest BCUT2D eigenvalue weighted by Gasteiger charge is 2.28. The van der Waals surface area contributed by atoms with Crippen molar-refractivity contribution in [1.82, 2.24) is 5.32 Å². The number of likely N-dealkylation sites (tertiary alicyclic amines) is 1. The van der Waals surface area contributed by atoms with Gasteiger partial charge in [-0.05, 0) is 18.9 Å². The molecule has 1 aromatic carbocycles. The molecule has 1 unspecified atom stereocenters. The summed E-state index contributed by atoms with van der Waals surface area (Å²) >= 11 is 0. The summed E-state index contributed by atoms with van der Waals surface area (Å²) in [6.07, 6.45) is 1.71. The third kappa shape index (κ3) is 5.01. The number of carbonyl (C=O) groups is 2. The van der Waals surface area contributed by atoms with Gasteiger partial charge in [0.1, 0.15) is 5.75 Å². The van der Waals surface area contributed by atoms with E-state index in [0.717, 1.165) is 29.8 Å². The highest BCUT2D eigenvalue weighted by Crippen LogP contribution is 2.34. The average molecular weight is 366 g/mol. The lowest BCUT2D eigenvalue weighted by molar-refractivity contribution is -0.899. The van der Waals surface area contributed by atoms with Gasteiger partial charge in [-0.1, -0.05) is 0 Å². The number of rotatable bonds is 8. The van der Waals surface area contributed by atoms with Crippen LogP contribution in [0.25, 0.3) is 0 Å². The lowest BCUT2D eigenvalue weighted by Crippen LogP contribution is -3.14. The minimum absolute atomic E-state index is 0.0815. The summed E-state index contributed by atoms with van der Waals surface area (Å²) < 4.78 is 15.9. The molecular formula is C18H28N3O5+. The Balaban J connectivity index is 1.95. The molecule has 1 aromatic rings. The Hall–Kier alpha value is -2.48. The Bertz CT molecular complexity index is 650. The van der Waals surface area contributed by atoms with E-state index in [0.29, 0.717) is 36.9 Å². The van der Waals surface area contributed by atoms with Crippen LogP contribution in [0.1, 0.15) is 18.4 Å². The largest absolute Gasteiger partial charge is 0.496 e. The number of ether oxygens (including phenoxy) is 3. The number of piperidine rings is 1. The zero-order valence-corrected chi connectivity index (χ0v) is 15.6. The summed E-state index contributed by atoms with van der Waals surface area (Å²) in [5.41, 5.74) is 6.18. The lowest BCUT2D eigenvalue weighted by atomic mass is 9.97. The van der Waals surface area contributed by atoms with Gasteiger partial charge in [-0.25, -0.2) is 0 Å². The van der Waals surface area contributed by atoms with Crippen LogP contribution < -0.4 is 30.2 Å².